The largest absolute Gasteiger partial charge is 0.356 e. The highest BCUT2D eigenvalue weighted by Gasteiger charge is 1.92. The van der Waals surface area contributed by atoms with Crippen molar-refractivity contribution in [1.82, 2.24) is 9.55 Å². The van der Waals surface area contributed by atoms with Gasteiger partial charge in [-0.3, -0.25) is 0 Å². The third kappa shape index (κ3) is 2.44. The summed E-state index contributed by atoms with van der Waals surface area (Å²) < 4.78 is 7.22. The molecule has 0 aliphatic heterocycles. The molecule has 0 fully saturated rings. The van der Waals surface area contributed by atoms with Gasteiger partial charge in [-0.2, -0.15) is 0 Å². The van der Waals surface area contributed by atoms with Crippen LogP contribution in [0.3, 0.4) is 0 Å². The van der Waals surface area contributed by atoms with E-state index in [2.05, 4.69) is 11.3 Å². The zero-order valence-corrected chi connectivity index (χ0v) is 7.76. The fourth-order valence-corrected chi connectivity index (χ4v) is 1.16. The number of benzene rings is 1. The van der Waals surface area contributed by atoms with Crippen molar-refractivity contribution >= 4 is 0 Å². The molecule has 2 aromatic rings. The maximum Gasteiger partial charge on any atom is 0.178 e. The molecule has 3 heteroatoms. The van der Waals surface area contributed by atoms with Crippen LogP contribution in [0.4, 0.5) is 0 Å². The molecule has 0 aliphatic carbocycles. The van der Waals surface area contributed by atoms with E-state index in [1.54, 1.807) is 10.8 Å². The summed E-state index contributed by atoms with van der Waals surface area (Å²) in [5.74, 6) is 0. The van der Waals surface area contributed by atoms with E-state index in [9.17, 15) is 0 Å². The molecule has 0 spiro atoms. The minimum Gasteiger partial charge on any atom is -0.356 e. The van der Waals surface area contributed by atoms with Gasteiger partial charge in [0.2, 0.25) is 0 Å². The third-order valence-electron chi connectivity index (χ3n) is 1.85. The average molecular weight is 187 g/mol. The minimum atomic E-state index is 0.495. The van der Waals surface area contributed by atoms with Gasteiger partial charge in [0.15, 0.2) is 6.33 Å². The Hall–Kier alpha value is -1.61. The predicted molar refractivity (Wildman–Crippen MR) is 52.3 cm³/mol. The monoisotopic (exact) mass is 187 g/mol. The number of hydrogen-bond donors (Lipinski definition) is 0. The third-order valence-corrected chi connectivity index (χ3v) is 1.85. The van der Waals surface area contributed by atoms with E-state index in [0.717, 1.165) is 0 Å². The van der Waals surface area contributed by atoms with Crippen LogP contribution in [-0.2, 0) is 18.1 Å². The fraction of sp³-hybridized carbons (Fsp3) is 0.182. The summed E-state index contributed by atoms with van der Waals surface area (Å²) in [4.78, 5) is 3.81. The van der Waals surface area contributed by atoms with E-state index in [1.807, 2.05) is 36.5 Å². The zero-order valence-electron chi connectivity index (χ0n) is 7.76. The molecule has 0 N–H and O–H groups in total. The second-order valence-corrected chi connectivity index (χ2v) is 2.96. The molecule has 71 valence electrons. The predicted octanol–water partition coefficient (Wildman–Crippen LogP) is 1.86. The number of ether oxygens (including phenoxy) is 1. The number of hydrogen-bond acceptors (Lipinski definition) is 2. The molecule has 0 unspecified atom stereocenters. The van der Waals surface area contributed by atoms with E-state index >= 15 is 0 Å². The van der Waals surface area contributed by atoms with Crippen LogP contribution in [0.15, 0.2) is 42.7 Å². The van der Waals surface area contributed by atoms with Gasteiger partial charge < -0.3 is 9.30 Å². The maximum absolute atomic E-state index is 5.46. The second kappa shape index (κ2) is 4.58. The molecular weight excluding hydrogens is 176 g/mol. The van der Waals surface area contributed by atoms with Crippen molar-refractivity contribution in [2.45, 2.75) is 13.3 Å². The Balaban J connectivity index is 1.79. The van der Waals surface area contributed by atoms with Crippen molar-refractivity contribution in [3.8, 4) is 0 Å². The van der Waals surface area contributed by atoms with Crippen LogP contribution in [0.1, 0.15) is 5.56 Å². The lowest BCUT2D eigenvalue weighted by molar-refractivity contribution is 0.0634. The number of aromatic nitrogens is 2. The van der Waals surface area contributed by atoms with Crippen molar-refractivity contribution in [1.29, 1.82) is 0 Å². The van der Waals surface area contributed by atoms with Crippen LogP contribution in [0.5, 0.6) is 0 Å². The first-order valence-corrected chi connectivity index (χ1v) is 4.45. The number of nitrogens with zero attached hydrogens (tertiary/aromatic N) is 2. The van der Waals surface area contributed by atoms with Gasteiger partial charge in [-0.15, -0.1) is 0 Å². The molecular formula is C11H11N2O. The molecule has 0 bridgehead atoms. The minimum absolute atomic E-state index is 0.495. The second-order valence-electron chi connectivity index (χ2n) is 2.96. The van der Waals surface area contributed by atoms with E-state index < -0.39 is 0 Å². The molecule has 1 aromatic carbocycles. The van der Waals surface area contributed by atoms with E-state index in [4.69, 9.17) is 4.74 Å². The van der Waals surface area contributed by atoms with Crippen LogP contribution in [0.2, 0.25) is 0 Å². The van der Waals surface area contributed by atoms with Gasteiger partial charge in [0.25, 0.3) is 0 Å². The van der Waals surface area contributed by atoms with E-state index in [1.165, 1.54) is 5.56 Å². The lowest BCUT2D eigenvalue weighted by Crippen LogP contribution is -2.00. The molecule has 3 nitrogen and oxygen atoms in total. The highest BCUT2D eigenvalue weighted by Crippen LogP contribution is 2.00. The Morgan fingerprint density at radius 3 is 2.86 bits per heavy atom. The van der Waals surface area contributed by atoms with Crippen molar-refractivity contribution in [3.05, 3.63) is 54.6 Å². The molecule has 1 aromatic heterocycles. The lowest BCUT2D eigenvalue weighted by atomic mass is 10.2. The Morgan fingerprint density at radius 1 is 1.29 bits per heavy atom. The van der Waals surface area contributed by atoms with Crippen LogP contribution < -0.4 is 0 Å². The summed E-state index contributed by atoms with van der Waals surface area (Å²) in [6.07, 6.45) is 6.28. The Bertz CT molecular complexity index is 356. The molecule has 2 rings (SSSR count). The SMILES string of the molecule is [c]1nccn1COCc1ccccc1. The van der Waals surface area contributed by atoms with Crippen LogP contribution in [0, 0.1) is 6.33 Å². The van der Waals surface area contributed by atoms with Crippen molar-refractivity contribution < 1.29 is 4.74 Å². The molecule has 14 heavy (non-hydrogen) atoms. The molecule has 0 amide bonds. The standard InChI is InChI=1S/C11H11N2O/c1-2-4-11(5-3-1)8-14-10-13-7-6-12-9-13/h1-7H,8,10H2. The van der Waals surface area contributed by atoms with E-state index in [-0.39, 0.29) is 0 Å². The molecule has 0 saturated heterocycles. The summed E-state index contributed by atoms with van der Waals surface area (Å²) >= 11 is 0. The van der Waals surface area contributed by atoms with Gasteiger partial charge in [-0.1, -0.05) is 30.3 Å². The molecule has 0 atom stereocenters. The molecule has 1 heterocycles. The van der Waals surface area contributed by atoms with Crippen LogP contribution in [0.25, 0.3) is 0 Å². The lowest BCUT2D eigenvalue weighted by Gasteiger charge is -2.03. The Morgan fingerprint density at radius 2 is 2.14 bits per heavy atom. The first-order valence-electron chi connectivity index (χ1n) is 4.45. The average Bonchev–Trinajstić information content (AvgIpc) is 2.72. The zero-order chi connectivity index (χ0) is 9.64. The highest BCUT2D eigenvalue weighted by molar-refractivity contribution is 5.13. The smallest absolute Gasteiger partial charge is 0.178 e. The maximum atomic E-state index is 5.46. The quantitative estimate of drug-likeness (QED) is 0.730. The van der Waals surface area contributed by atoms with Crippen molar-refractivity contribution in [3.63, 3.8) is 0 Å². The Kier molecular flexibility index (Phi) is 2.93. The number of imidazole rings is 1. The summed E-state index contributed by atoms with van der Waals surface area (Å²) in [5.41, 5.74) is 1.17. The summed E-state index contributed by atoms with van der Waals surface area (Å²) in [6.45, 7) is 1.11. The Labute approximate surface area is 83.0 Å². The van der Waals surface area contributed by atoms with Gasteiger partial charge in [0, 0.05) is 12.4 Å². The van der Waals surface area contributed by atoms with Crippen LogP contribution in [-0.4, -0.2) is 9.55 Å². The molecule has 1 radical (unpaired) electrons. The van der Waals surface area contributed by atoms with E-state index in [0.29, 0.717) is 13.3 Å². The molecule has 0 saturated carbocycles. The number of rotatable bonds is 4. The summed E-state index contributed by atoms with van der Waals surface area (Å²) in [5, 5.41) is 0. The first kappa shape index (κ1) is 8.97. The summed E-state index contributed by atoms with van der Waals surface area (Å²) in [7, 11) is 0. The van der Waals surface area contributed by atoms with Gasteiger partial charge in [-0.05, 0) is 5.56 Å². The van der Waals surface area contributed by atoms with Crippen LogP contribution >= 0.6 is 0 Å². The highest BCUT2D eigenvalue weighted by atomic mass is 16.5. The summed E-state index contributed by atoms with van der Waals surface area (Å²) in [6, 6.07) is 10.1. The first-order chi connectivity index (χ1) is 6.95. The van der Waals surface area contributed by atoms with Crippen molar-refractivity contribution in [2.24, 2.45) is 0 Å². The van der Waals surface area contributed by atoms with Crippen molar-refractivity contribution in [2.75, 3.05) is 0 Å². The normalized spacial score (nSPS) is 10.3. The van der Waals surface area contributed by atoms with Gasteiger partial charge >= 0.3 is 0 Å². The topological polar surface area (TPSA) is 27.1 Å². The van der Waals surface area contributed by atoms with Gasteiger partial charge in [0.05, 0.1) is 6.61 Å². The molecule has 0 aliphatic rings. The fourth-order valence-electron chi connectivity index (χ4n) is 1.16. The van der Waals surface area contributed by atoms with Gasteiger partial charge in [-0.25, -0.2) is 4.98 Å². The van der Waals surface area contributed by atoms with Gasteiger partial charge in [0.1, 0.15) is 6.73 Å².